The molecule has 0 radical (unpaired) electrons. The molecule has 80 valence electrons. The highest BCUT2D eigenvalue weighted by molar-refractivity contribution is 9.10. The molecule has 1 aromatic rings. The Labute approximate surface area is 97.4 Å². The molecule has 1 atom stereocenters. The van der Waals surface area contributed by atoms with Crippen molar-refractivity contribution in [3.05, 3.63) is 34.3 Å². The van der Waals surface area contributed by atoms with Gasteiger partial charge in [-0.1, -0.05) is 41.9 Å². The van der Waals surface area contributed by atoms with Gasteiger partial charge in [0.2, 0.25) is 0 Å². The third-order valence-corrected chi connectivity index (χ3v) is 3.97. The standard InChI is InChI=1S/C12H13BrO2/c1-11(2)7-12(11,10(14)15)8-3-5-9(13)6-4-8/h3-6H,7H2,1-2H3,(H,14,15). The van der Waals surface area contributed by atoms with Crippen LogP contribution in [0.25, 0.3) is 0 Å². The molecule has 0 saturated heterocycles. The molecule has 1 unspecified atom stereocenters. The molecule has 0 aliphatic heterocycles. The summed E-state index contributed by atoms with van der Waals surface area (Å²) in [4.78, 5) is 11.4. The molecule has 1 aliphatic carbocycles. The molecule has 1 aliphatic rings. The lowest BCUT2D eigenvalue weighted by atomic mass is 9.88. The minimum absolute atomic E-state index is 0.132. The maximum Gasteiger partial charge on any atom is 0.314 e. The first-order valence-electron chi connectivity index (χ1n) is 4.90. The van der Waals surface area contributed by atoms with Crippen molar-refractivity contribution in [3.63, 3.8) is 0 Å². The van der Waals surface area contributed by atoms with Crippen LogP contribution in [0.1, 0.15) is 25.8 Å². The van der Waals surface area contributed by atoms with E-state index in [0.29, 0.717) is 0 Å². The summed E-state index contributed by atoms with van der Waals surface area (Å²) in [7, 11) is 0. The van der Waals surface area contributed by atoms with Gasteiger partial charge in [-0.05, 0) is 29.5 Å². The largest absolute Gasteiger partial charge is 0.481 e. The Balaban J connectivity index is 2.45. The van der Waals surface area contributed by atoms with Crippen LogP contribution in [0.4, 0.5) is 0 Å². The van der Waals surface area contributed by atoms with E-state index in [4.69, 9.17) is 0 Å². The molecule has 1 fully saturated rings. The minimum Gasteiger partial charge on any atom is -0.481 e. The topological polar surface area (TPSA) is 37.3 Å². The van der Waals surface area contributed by atoms with Crippen LogP contribution in [-0.4, -0.2) is 11.1 Å². The summed E-state index contributed by atoms with van der Waals surface area (Å²) >= 11 is 3.35. The van der Waals surface area contributed by atoms with E-state index < -0.39 is 11.4 Å². The molecule has 0 heterocycles. The molecule has 1 aromatic carbocycles. The lowest BCUT2D eigenvalue weighted by molar-refractivity contribution is -0.141. The molecular formula is C12H13BrO2. The molecule has 0 amide bonds. The van der Waals surface area contributed by atoms with Gasteiger partial charge in [-0.2, -0.15) is 0 Å². The molecule has 2 nitrogen and oxygen atoms in total. The van der Waals surface area contributed by atoms with E-state index in [9.17, 15) is 9.90 Å². The van der Waals surface area contributed by atoms with Crippen molar-refractivity contribution in [2.45, 2.75) is 25.7 Å². The number of carbonyl (C=O) groups is 1. The zero-order chi connectivity index (χ0) is 11.3. The molecule has 1 saturated carbocycles. The van der Waals surface area contributed by atoms with Gasteiger partial charge in [0.05, 0.1) is 5.41 Å². The van der Waals surface area contributed by atoms with Gasteiger partial charge < -0.3 is 5.11 Å². The van der Waals surface area contributed by atoms with E-state index >= 15 is 0 Å². The maximum absolute atomic E-state index is 11.4. The van der Waals surface area contributed by atoms with Crippen molar-refractivity contribution in [2.75, 3.05) is 0 Å². The number of halogens is 1. The smallest absolute Gasteiger partial charge is 0.314 e. The zero-order valence-electron chi connectivity index (χ0n) is 8.75. The van der Waals surface area contributed by atoms with Gasteiger partial charge in [-0.15, -0.1) is 0 Å². The van der Waals surface area contributed by atoms with E-state index in [1.807, 2.05) is 38.1 Å². The van der Waals surface area contributed by atoms with Gasteiger partial charge in [-0.25, -0.2) is 0 Å². The van der Waals surface area contributed by atoms with Crippen LogP contribution < -0.4 is 0 Å². The quantitative estimate of drug-likeness (QED) is 0.895. The molecule has 3 heteroatoms. The summed E-state index contributed by atoms with van der Waals surface area (Å²) in [5.74, 6) is -0.713. The molecular weight excluding hydrogens is 256 g/mol. The van der Waals surface area contributed by atoms with Crippen molar-refractivity contribution < 1.29 is 9.90 Å². The highest BCUT2D eigenvalue weighted by atomic mass is 79.9. The summed E-state index contributed by atoms with van der Waals surface area (Å²) in [6, 6.07) is 7.59. The summed E-state index contributed by atoms with van der Waals surface area (Å²) in [5.41, 5.74) is 0.101. The third kappa shape index (κ3) is 1.41. The predicted octanol–water partition coefficient (Wildman–Crippen LogP) is 3.20. The van der Waals surface area contributed by atoms with Gasteiger partial charge in [0.1, 0.15) is 0 Å². The average molecular weight is 269 g/mol. The summed E-state index contributed by atoms with van der Waals surface area (Å²) in [6.07, 6.45) is 0.719. The lowest BCUT2D eigenvalue weighted by Crippen LogP contribution is -2.25. The minimum atomic E-state index is -0.713. The summed E-state index contributed by atoms with van der Waals surface area (Å²) < 4.78 is 0.977. The van der Waals surface area contributed by atoms with Gasteiger partial charge in [-0.3, -0.25) is 4.79 Å². The first-order chi connectivity index (χ1) is 6.90. The Morgan fingerprint density at radius 2 is 1.80 bits per heavy atom. The molecule has 15 heavy (non-hydrogen) atoms. The van der Waals surface area contributed by atoms with Gasteiger partial charge in [0.15, 0.2) is 0 Å². The highest BCUT2D eigenvalue weighted by Gasteiger charge is 2.67. The van der Waals surface area contributed by atoms with E-state index in [1.54, 1.807) is 0 Å². The van der Waals surface area contributed by atoms with Gasteiger partial charge in [0, 0.05) is 4.47 Å². The monoisotopic (exact) mass is 268 g/mol. The Hall–Kier alpha value is -0.830. The van der Waals surface area contributed by atoms with Crippen molar-refractivity contribution in [1.82, 2.24) is 0 Å². The number of rotatable bonds is 2. The number of hydrogen-bond acceptors (Lipinski definition) is 1. The van der Waals surface area contributed by atoms with Crippen molar-refractivity contribution in [1.29, 1.82) is 0 Å². The molecule has 0 spiro atoms. The molecule has 0 aromatic heterocycles. The molecule has 0 bridgehead atoms. The zero-order valence-corrected chi connectivity index (χ0v) is 10.3. The van der Waals surface area contributed by atoms with E-state index in [-0.39, 0.29) is 5.41 Å². The highest BCUT2D eigenvalue weighted by Crippen LogP contribution is 2.64. The number of hydrogen-bond donors (Lipinski definition) is 1. The predicted molar refractivity (Wildman–Crippen MR) is 61.9 cm³/mol. The van der Waals surface area contributed by atoms with Crippen LogP contribution in [0, 0.1) is 5.41 Å². The second-order valence-corrected chi connectivity index (χ2v) is 5.69. The number of carboxylic acids is 1. The fourth-order valence-electron chi connectivity index (χ4n) is 2.33. The Kier molecular flexibility index (Phi) is 2.19. The second kappa shape index (κ2) is 3.08. The number of benzene rings is 1. The summed E-state index contributed by atoms with van der Waals surface area (Å²) in [6.45, 7) is 4.01. The van der Waals surface area contributed by atoms with Gasteiger partial charge >= 0.3 is 5.97 Å². The van der Waals surface area contributed by atoms with E-state index in [2.05, 4.69) is 15.9 Å². The van der Waals surface area contributed by atoms with Gasteiger partial charge in [0.25, 0.3) is 0 Å². The first-order valence-corrected chi connectivity index (χ1v) is 5.69. The number of carboxylic acid groups (broad SMARTS) is 1. The SMILES string of the molecule is CC1(C)CC1(C(=O)O)c1ccc(Br)cc1. The van der Waals surface area contributed by atoms with E-state index in [1.165, 1.54) is 0 Å². The van der Waals surface area contributed by atoms with Crippen LogP contribution in [0.2, 0.25) is 0 Å². The molecule has 2 rings (SSSR count). The maximum atomic E-state index is 11.4. The average Bonchev–Trinajstić information content (AvgIpc) is 2.72. The normalized spacial score (nSPS) is 27.4. The van der Waals surface area contributed by atoms with Crippen LogP contribution in [-0.2, 0) is 10.2 Å². The lowest BCUT2D eigenvalue weighted by Gasteiger charge is -2.16. The Bertz CT molecular complexity index is 408. The summed E-state index contributed by atoms with van der Waals surface area (Å²) in [5, 5.41) is 9.35. The molecule has 1 N–H and O–H groups in total. The second-order valence-electron chi connectivity index (χ2n) is 4.78. The first kappa shape index (κ1) is 10.7. The van der Waals surface area contributed by atoms with Crippen LogP contribution in [0.3, 0.4) is 0 Å². The number of aliphatic carboxylic acids is 1. The Morgan fingerprint density at radius 1 is 1.33 bits per heavy atom. The fraction of sp³-hybridized carbons (Fsp3) is 0.417. The van der Waals surface area contributed by atoms with Crippen LogP contribution in [0.5, 0.6) is 0 Å². The van der Waals surface area contributed by atoms with Crippen molar-refractivity contribution >= 4 is 21.9 Å². The van der Waals surface area contributed by atoms with E-state index in [0.717, 1.165) is 16.5 Å². The van der Waals surface area contributed by atoms with Crippen LogP contribution in [0.15, 0.2) is 28.7 Å². The van der Waals surface area contributed by atoms with Crippen molar-refractivity contribution in [2.24, 2.45) is 5.41 Å². The van der Waals surface area contributed by atoms with Crippen molar-refractivity contribution in [3.8, 4) is 0 Å². The third-order valence-electron chi connectivity index (χ3n) is 3.44. The fourth-order valence-corrected chi connectivity index (χ4v) is 2.60. The van der Waals surface area contributed by atoms with Crippen LogP contribution >= 0.6 is 15.9 Å². The Morgan fingerprint density at radius 3 is 2.13 bits per heavy atom.